The first-order valence-corrected chi connectivity index (χ1v) is 12.4. The summed E-state index contributed by atoms with van der Waals surface area (Å²) in [6.45, 7) is 1.60. The highest BCUT2D eigenvalue weighted by Gasteiger charge is 2.44. The molecule has 1 saturated heterocycles. The van der Waals surface area contributed by atoms with Gasteiger partial charge in [-0.3, -0.25) is 0 Å². The average molecular weight is 462 g/mol. The third-order valence-corrected chi connectivity index (χ3v) is 6.05. The molecule has 0 aliphatic carbocycles. The topological polar surface area (TPSA) is 146 Å². The van der Waals surface area contributed by atoms with Crippen molar-refractivity contribution in [1.82, 2.24) is 0 Å². The summed E-state index contributed by atoms with van der Waals surface area (Å²) in [5.74, 6) is 0. The molecule has 7 N–H and O–H groups in total. The molecule has 0 amide bonds. The van der Waals surface area contributed by atoms with Crippen LogP contribution in [0.3, 0.4) is 0 Å². The van der Waals surface area contributed by atoms with Gasteiger partial charge in [0.1, 0.15) is 24.4 Å². The van der Waals surface area contributed by atoms with Crippen molar-refractivity contribution in [2.24, 2.45) is 5.73 Å². The van der Waals surface area contributed by atoms with Gasteiger partial charge < -0.3 is 40.7 Å². The summed E-state index contributed by atoms with van der Waals surface area (Å²) >= 11 is 0. The lowest BCUT2D eigenvalue weighted by atomic mass is 9.99. The van der Waals surface area contributed by atoms with Crippen LogP contribution in [0.5, 0.6) is 0 Å². The SMILES string of the molecule is CCCCCCCCCCCCC/C=C/[C@@H](O)[C@@H](N)CO[C@@H]1O[C@H](CO)[C@@H](O)C(O)C1O. The van der Waals surface area contributed by atoms with Crippen LogP contribution in [0.4, 0.5) is 0 Å². The van der Waals surface area contributed by atoms with E-state index in [4.69, 9.17) is 15.2 Å². The van der Waals surface area contributed by atoms with Crippen LogP contribution < -0.4 is 5.73 Å². The molecule has 1 fully saturated rings. The molecule has 8 nitrogen and oxygen atoms in total. The number of nitrogens with two attached hydrogens (primary N) is 1. The van der Waals surface area contributed by atoms with Crippen LogP contribution >= 0.6 is 0 Å². The van der Waals surface area contributed by atoms with Gasteiger partial charge in [-0.15, -0.1) is 0 Å². The molecule has 1 heterocycles. The summed E-state index contributed by atoms with van der Waals surface area (Å²) in [4.78, 5) is 0. The molecule has 0 aromatic rings. The lowest BCUT2D eigenvalue weighted by Gasteiger charge is -2.39. The van der Waals surface area contributed by atoms with Crippen LogP contribution in [0.1, 0.15) is 84.0 Å². The number of ether oxygens (including phenoxy) is 2. The summed E-state index contributed by atoms with van der Waals surface area (Å²) in [7, 11) is 0. The lowest BCUT2D eigenvalue weighted by molar-refractivity contribution is -0.302. The van der Waals surface area contributed by atoms with Crippen LogP contribution in [-0.2, 0) is 9.47 Å². The predicted octanol–water partition coefficient (Wildman–Crippen LogP) is 1.75. The molecule has 1 rings (SSSR count). The van der Waals surface area contributed by atoms with Crippen LogP contribution in [0.25, 0.3) is 0 Å². The lowest BCUT2D eigenvalue weighted by Crippen LogP contribution is -2.59. The van der Waals surface area contributed by atoms with Gasteiger partial charge in [0.2, 0.25) is 0 Å². The Morgan fingerprint density at radius 1 is 0.875 bits per heavy atom. The Labute approximate surface area is 193 Å². The van der Waals surface area contributed by atoms with Crippen molar-refractivity contribution >= 4 is 0 Å². The van der Waals surface area contributed by atoms with Crippen LogP contribution in [-0.4, -0.2) is 81.6 Å². The van der Waals surface area contributed by atoms with Crippen molar-refractivity contribution in [1.29, 1.82) is 0 Å². The maximum atomic E-state index is 10.2. The Balaban J connectivity index is 2.10. The van der Waals surface area contributed by atoms with E-state index in [0.717, 1.165) is 12.8 Å². The summed E-state index contributed by atoms with van der Waals surface area (Å²) in [5, 5.41) is 48.8. The molecule has 0 spiro atoms. The van der Waals surface area contributed by atoms with E-state index < -0.39 is 49.5 Å². The zero-order valence-electron chi connectivity index (χ0n) is 19.7. The first kappa shape index (κ1) is 29.5. The third kappa shape index (κ3) is 11.5. The number of aliphatic hydroxyl groups is 5. The van der Waals surface area contributed by atoms with Gasteiger partial charge >= 0.3 is 0 Å². The monoisotopic (exact) mass is 461 g/mol. The molecule has 2 unspecified atom stereocenters. The molecule has 0 aromatic heterocycles. The fourth-order valence-corrected chi connectivity index (χ4v) is 3.81. The maximum Gasteiger partial charge on any atom is 0.186 e. The van der Waals surface area contributed by atoms with Gasteiger partial charge in [-0.2, -0.15) is 0 Å². The third-order valence-electron chi connectivity index (χ3n) is 6.05. The van der Waals surface area contributed by atoms with Crippen LogP contribution in [0.2, 0.25) is 0 Å². The van der Waals surface area contributed by atoms with E-state index in [-0.39, 0.29) is 6.61 Å². The molecule has 0 aromatic carbocycles. The maximum absolute atomic E-state index is 10.2. The fraction of sp³-hybridized carbons (Fsp3) is 0.917. The smallest absolute Gasteiger partial charge is 0.186 e. The molecule has 0 bridgehead atoms. The fourth-order valence-electron chi connectivity index (χ4n) is 3.81. The normalized spacial score (nSPS) is 28.3. The van der Waals surface area contributed by atoms with Gasteiger partial charge in [-0.05, 0) is 12.8 Å². The van der Waals surface area contributed by atoms with Gasteiger partial charge in [0, 0.05) is 0 Å². The van der Waals surface area contributed by atoms with Crippen molar-refractivity contribution in [3.8, 4) is 0 Å². The molecular formula is C24H47NO7. The second-order valence-corrected chi connectivity index (χ2v) is 8.94. The highest BCUT2D eigenvalue weighted by molar-refractivity contribution is 4.94. The van der Waals surface area contributed by atoms with E-state index in [2.05, 4.69) is 6.92 Å². The zero-order valence-corrected chi connectivity index (χ0v) is 19.7. The summed E-state index contributed by atoms with van der Waals surface area (Å²) in [5.41, 5.74) is 5.93. The number of hydrogen-bond acceptors (Lipinski definition) is 8. The number of unbranched alkanes of at least 4 members (excludes halogenated alkanes) is 11. The van der Waals surface area contributed by atoms with E-state index in [1.165, 1.54) is 64.2 Å². The Morgan fingerprint density at radius 2 is 1.44 bits per heavy atom. The van der Waals surface area contributed by atoms with E-state index >= 15 is 0 Å². The Hall–Kier alpha value is -0.580. The molecule has 0 radical (unpaired) electrons. The van der Waals surface area contributed by atoms with Gasteiger partial charge in [0.25, 0.3) is 0 Å². The largest absolute Gasteiger partial charge is 0.394 e. The quantitative estimate of drug-likeness (QED) is 0.134. The van der Waals surface area contributed by atoms with Crippen LogP contribution in [0, 0.1) is 0 Å². The van der Waals surface area contributed by atoms with Gasteiger partial charge in [0.05, 0.1) is 25.4 Å². The highest BCUT2D eigenvalue weighted by Crippen LogP contribution is 2.22. The molecule has 1 aliphatic heterocycles. The van der Waals surface area contributed by atoms with Crippen LogP contribution in [0.15, 0.2) is 12.2 Å². The summed E-state index contributed by atoms with van der Waals surface area (Å²) in [6.07, 6.45) is 11.1. The second-order valence-electron chi connectivity index (χ2n) is 8.94. The Morgan fingerprint density at radius 3 is 2.00 bits per heavy atom. The van der Waals surface area contributed by atoms with E-state index in [9.17, 15) is 25.5 Å². The average Bonchev–Trinajstić information content (AvgIpc) is 2.79. The highest BCUT2D eigenvalue weighted by atomic mass is 16.7. The molecule has 190 valence electrons. The van der Waals surface area contributed by atoms with Crippen molar-refractivity contribution in [2.75, 3.05) is 13.2 Å². The van der Waals surface area contributed by atoms with E-state index in [1.54, 1.807) is 6.08 Å². The minimum Gasteiger partial charge on any atom is -0.394 e. The van der Waals surface area contributed by atoms with Gasteiger partial charge in [-0.25, -0.2) is 0 Å². The van der Waals surface area contributed by atoms with Crippen molar-refractivity contribution in [3.05, 3.63) is 12.2 Å². The predicted molar refractivity (Wildman–Crippen MR) is 124 cm³/mol. The van der Waals surface area contributed by atoms with E-state index in [0.29, 0.717) is 0 Å². The van der Waals surface area contributed by atoms with Crippen molar-refractivity contribution < 1.29 is 35.0 Å². The molecule has 0 saturated carbocycles. The number of hydrogen-bond donors (Lipinski definition) is 6. The molecule has 7 atom stereocenters. The summed E-state index contributed by atoms with van der Waals surface area (Å²) < 4.78 is 10.6. The van der Waals surface area contributed by atoms with Crippen molar-refractivity contribution in [3.63, 3.8) is 0 Å². The van der Waals surface area contributed by atoms with Crippen molar-refractivity contribution in [2.45, 2.75) is 127 Å². The standard InChI is InChI=1S/C24H47NO7/c1-2-3-4-5-6-7-8-9-10-11-12-13-14-15-19(27)18(25)17-31-24-23(30)22(29)21(28)20(16-26)32-24/h14-15,18-24,26-30H,2-13,16-17,25H2,1H3/b15-14+/t18-,19+,20+,21+,22?,23?,24+/m0/s1. The summed E-state index contributed by atoms with van der Waals surface area (Å²) in [6, 6.07) is -0.740. The number of allylic oxidation sites excluding steroid dienone is 1. The minimum absolute atomic E-state index is 0.118. The number of aliphatic hydroxyl groups excluding tert-OH is 5. The minimum atomic E-state index is -1.50. The number of rotatable bonds is 18. The first-order chi connectivity index (χ1) is 15.4. The molecule has 32 heavy (non-hydrogen) atoms. The first-order valence-electron chi connectivity index (χ1n) is 12.4. The van der Waals surface area contributed by atoms with Gasteiger partial charge in [-0.1, -0.05) is 83.3 Å². The Bertz CT molecular complexity index is 477. The zero-order chi connectivity index (χ0) is 23.8. The van der Waals surface area contributed by atoms with E-state index in [1.807, 2.05) is 6.08 Å². The second kappa shape index (κ2) is 17.8. The molecular weight excluding hydrogens is 414 g/mol. The van der Waals surface area contributed by atoms with Gasteiger partial charge in [0.15, 0.2) is 6.29 Å². The Kier molecular flexibility index (Phi) is 16.4. The molecule has 8 heteroatoms. The molecule has 1 aliphatic rings.